The minimum Gasteiger partial charge on any atom is -0.465 e. The van der Waals surface area contributed by atoms with Gasteiger partial charge in [0.2, 0.25) is 5.91 Å². The van der Waals surface area contributed by atoms with Crippen molar-refractivity contribution < 1.29 is 14.7 Å². The molecule has 2 heterocycles. The van der Waals surface area contributed by atoms with Crippen molar-refractivity contribution in [2.75, 3.05) is 18.0 Å². The third kappa shape index (κ3) is 5.25. The predicted molar refractivity (Wildman–Crippen MR) is 146 cm³/mol. The first kappa shape index (κ1) is 26.5. The molecule has 2 unspecified atom stereocenters. The first-order valence-electron chi connectivity index (χ1n) is 13.2. The molecular weight excluding hydrogens is 474 g/mol. The number of nitrogens with zero attached hydrogens (tertiary/aromatic N) is 3. The van der Waals surface area contributed by atoms with Crippen LogP contribution in [0, 0.1) is 0 Å². The maximum atomic E-state index is 12.5. The maximum absolute atomic E-state index is 12.5. The average molecular weight is 512 g/mol. The van der Waals surface area contributed by atoms with E-state index in [0.29, 0.717) is 6.42 Å². The normalized spacial score (nSPS) is 22.2. The number of piperidine rings is 1. The molecule has 3 aliphatic rings. The number of amides is 2. The summed E-state index contributed by atoms with van der Waals surface area (Å²) >= 11 is 0. The minimum atomic E-state index is -0.860. The van der Waals surface area contributed by atoms with E-state index in [2.05, 4.69) is 41.3 Å². The van der Waals surface area contributed by atoms with E-state index in [0.717, 1.165) is 48.2 Å². The smallest absolute Gasteiger partial charge is 0.408 e. The molecule has 2 fully saturated rings. The summed E-state index contributed by atoms with van der Waals surface area (Å²) in [6.07, 6.45) is 6.59. The van der Waals surface area contributed by atoms with Crippen LogP contribution in [0.15, 0.2) is 42.5 Å². The monoisotopic (exact) mass is 511 g/mol. The van der Waals surface area contributed by atoms with E-state index in [1.807, 2.05) is 17.9 Å². The van der Waals surface area contributed by atoms with Crippen LogP contribution in [0.3, 0.4) is 0 Å². The molecule has 1 aliphatic carbocycles. The van der Waals surface area contributed by atoms with Crippen molar-refractivity contribution >= 4 is 30.1 Å². The Morgan fingerprint density at radius 1 is 0.972 bits per heavy atom. The van der Waals surface area contributed by atoms with Gasteiger partial charge in [0.1, 0.15) is 0 Å². The summed E-state index contributed by atoms with van der Waals surface area (Å²) in [6, 6.07) is 14.7. The Balaban J connectivity index is 0.00000304. The lowest BCUT2D eigenvalue weighted by Crippen LogP contribution is -2.51. The van der Waals surface area contributed by atoms with E-state index in [4.69, 9.17) is 0 Å². The molecule has 2 aromatic carbocycles. The highest BCUT2D eigenvalue weighted by molar-refractivity contribution is 5.94. The van der Waals surface area contributed by atoms with Crippen LogP contribution in [0.2, 0.25) is 0 Å². The second kappa shape index (κ2) is 11.2. The summed E-state index contributed by atoms with van der Waals surface area (Å²) < 4.78 is 0. The number of fused-ring (bicyclic) bond motifs is 1. The highest BCUT2D eigenvalue weighted by atomic mass is 35.5. The van der Waals surface area contributed by atoms with Crippen LogP contribution in [-0.2, 0) is 11.3 Å². The number of carbonyl (C=O) groups is 2. The highest BCUT2D eigenvalue weighted by Gasteiger charge is 2.41. The molecule has 0 aromatic heterocycles. The molecule has 0 spiro atoms. The molecule has 6 nitrogen and oxygen atoms in total. The van der Waals surface area contributed by atoms with Gasteiger partial charge in [0.15, 0.2) is 0 Å². The summed E-state index contributed by atoms with van der Waals surface area (Å²) in [5.74, 6) is -0.00228. The van der Waals surface area contributed by atoms with Gasteiger partial charge in [0.25, 0.3) is 0 Å². The molecule has 0 radical (unpaired) electrons. The molecule has 1 saturated heterocycles. The lowest BCUT2D eigenvalue weighted by molar-refractivity contribution is -0.117. The third-order valence-corrected chi connectivity index (χ3v) is 8.16. The van der Waals surface area contributed by atoms with Crippen molar-refractivity contribution in [3.05, 3.63) is 53.6 Å². The largest absolute Gasteiger partial charge is 0.465 e. The maximum Gasteiger partial charge on any atom is 0.408 e. The number of hydrogen-bond donors (Lipinski definition) is 1. The summed E-state index contributed by atoms with van der Waals surface area (Å²) in [6.45, 7) is 6.97. The summed E-state index contributed by atoms with van der Waals surface area (Å²) in [5.41, 5.74) is 5.30. The Kier molecular flexibility index (Phi) is 8.26. The lowest BCUT2D eigenvalue weighted by Gasteiger charge is -2.47. The lowest BCUT2D eigenvalue weighted by atomic mass is 9.84. The van der Waals surface area contributed by atoms with Crippen LogP contribution in [-0.4, -0.2) is 52.1 Å². The van der Waals surface area contributed by atoms with Crippen LogP contribution >= 0.6 is 12.4 Å². The first-order valence-corrected chi connectivity index (χ1v) is 13.2. The number of carboxylic acid groups (broad SMARTS) is 1. The summed E-state index contributed by atoms with van der Waals surface area (Å²) in [7, 11) is 0. The van der Waals surface area contributed by atoms with Crippen LogP contribution in [0.25, 0.3) is 11.1 Å². The second-order valence-corrected chi connectivity index (χ2v) is 10.6. The number of halogens is 1. The van der Waals surface area contributed by atoms with E-state index in [-0.39, 0.29) is 36.4 Å². The second-order valence-electron chi connectivity index (χ2n) is 10.6. The van der Waals surface area contributed by atoms with Crippen LogP contribution < -0.4 is 4.90 Å². The topological polar surface area (TPSA) is 64.1 Å². The van der Waals surface area contributed by atoms with E-state index in [9.17, 15) is 14.7 Å². The molecular formula is C29H38ClN3O3. The summed E-state index contributed by atoms with van der Waals surface area (Å²) in [5, 5.41) is 10.1. The molecule has 1 N–H and O–H groups in total. The Bertz CT molecular complexity index is 1080. The molecule has 36 heavy (non-hydrogen) atoms. The van der Waals surface area contributed by atoms with Gasteiger partial charge in [-0.05, 0) is 92.9 Å². The quantitative estimate of drug-likeness (QED) is 0.499. The molecule has 2 aromatic rings. The first-order chi connectivity index (χ1) is 16.9. The summed E-state index contributed by atoms with van der Waals surface area (Å²) in [4.78, 5) is 30.9. The zero-order valence-corrected chi connectivity index (χ0v) is 22.2. The van der Waals surface area contributed by atoms with Gasteiger partial charge in [-0.15, -0.1) is 12.4 Å². The van der Waals surface area contributed by atoms with Crippen LogP contribution in [0.1, 0.15) is 76.0 Å². The standard InChI is InChI=1S/C29H37N3O3.ClH/c1-20-17-28(32(29(34)35)25-7-6-8-25)26-18-24(13-14-27(26)31(20)21(2)33)23-11-9-22(10-12-23)19-30-15-4-3-5-16-30;/h9-14,18,20,25,28H,3-8,15-17,19H2,1-2H3,(H,34,35);1H. The van der Waals surface area contributed by atoms with Gasteiger partial charge in [0.05, 0.1) is 6.04 Å². The van der Waals surface area contributed by atoms with Crippen molar-refractivity contribution in [2.24, 2.45) is 0 Å². The van der Waals surface area contributed by atoms with Crippen molar-refractivity contribution in [2.45, 2.75) is 83.5 Å². The number of carbonyl (C=O) groups excluding carboxylic acids is 1. The molecule has 2 atom stereocenters. The van der Waals surface area contributed by atoms with E-state index >= 15 is 0 Å². The average Bonchev–Trinajstić information content (AvgIpc) is 2.81. The van der Waals surface area contributed by atoms with Crippen molar-refractivity contribution in [3.63, 3.8) is 0 Å². The van der Waals surface area contributed by atoms with E-state index < -0.39 is 6.09 Å². The van der Waals surface area contributed by atoms with E-state index in [1.54, 1.807) is 11.8 Å². The van der Waals surface area contributed by atoms with Crippen molar-refractivity contribution in [1.82, 2.24) is 9.80 Å². The number of hydrogen-bond acceptors (Lipinski definition) is 3. The van der Waals surface area contributed by atoms with Gasteiger partial charge < -0.3 is 10.0 Å². The van der Waals surface area contributed by atoms with Gasteiger partial charge in [-0.1, -0.05) is 36.8 Å². The Morgan fingerprint density at radius 2 is 1.64 bits per heavy atom. The molecule has 2 aliphatic heterocycles. The zero-order chi connectivity index (χ0) is 24.5. The molecule has 0 bridgehead atoms. The zero-order valence-electron chi connectivity index (χ0n) is 21.4. The van der Waals surface area contributed by atoms with Crippen molar-refractivity contribution in [1.29, 1.82) is 0 Å². The van der Waals surface area contributed by atoms with Crippen molar-refractivity contribution in [3.8, 4) is 11.1 Å². The molecule has 2 amide bonds. The SMILES string of the molecule is CC(=O)N1c2ccc(-c3ccc(CN4CCCCC4)cc3)cc2C(N(C(=O)O)C2CCC2)CC1C.Cl. The molecule has 194 valence electrons. The van der Waals surface area contributed by atoms with Gasteiger partial charge in [0, 0.05) is 31.2 Å². The fourth-order valence-corrected chi connectivity index (χ4v) is 6.14. The Hall–Kier alpha value is -2.57. The van der Waals surface area contributed by atoms with Crippen LogP contribution in [0.4, 0.5) is 10.5 Å². The van der Waals surface area contributed by atoms with Gasteiger partial charge in [-0.25, -0.2) is 4.79 Å². The fourth-order valence-electron chi connectivity index (χ4n) is 6.14. The number of rotatable bonds is 5. The Morgan fingerprint density at radius 3 is 2.22 bits per heavy atom. The molecule has 1 saturated carbocycles. The fraction of sp³-hybridized carbons (Fsp3) is 0.517. The predicted octanol–water partition coefficient (Wildman–Crippen LogP) is 6.48. The third-order valence-electron chi connectivity index (χ3n) is 8.16. The van der Waals surface area contributed by atoms with E-state index in [1.165, 1.54) is 37.9 Å². The van der Waals surface area contributed by atoms with Gasteiger partial charge in [-0.3, -0.25) is 14.6 Å². The number of anilines is 1. The number of likely N-dealkylation sites (tertiary alicyclic amines) is 1. The minimum absolute atomic E-state index is 0. The van der Waals surface area contributed by atoms with Gasteiger partial charge in [-0.2, -0.15) is 0 Å². The highest BCUT2D eigenvalue weighted by Crippen LogP contribution is 2.45. The molecule has 7 heteroatoms. The van der Waals surface area contributed by atoms with Gasteiger partial charge >= 0.3 is 6.09 Å². The van der Waals surface area contributed by atoms with Crippen LogP contribution in [0.5, 0.6) is 0 Å². The number of benzene rings is 2. The molecule has 5 rings (SSSR count). The Labute approximate surface area is 220 Å².